The lowest BCUT2D eigenvalue weighted by molar-refractivity contribution is -0.116. The summed E-state index contributed by atoms with van der Waals surface area (Å²) in [6.07, 6.45) is 1.44. The number of thioether (sulfide) groups is 1. The van der Waals surface area contributed by atoms with Crippen molar-refractivity contribution in [2.45, 2.75) is 18.7 Å². The predicted molar refractivity (Wildman–Crippen MR) is 123 cm³/mol. The molecular formula is C22H19N3O4S2. The van der Waals surface area contributed by atoms with Gasteiger partial charge in [0.25, 0.3) is 0 Å². The number of rotatable bonds is 5. The zero-order valence-corrected chi connectivity index (χ0v) is 18.5. The van der Waals surface area contributed by atoms with Crippen molar-refractivity contribution in [1.29, 1.82) is 0 Å². The SMILES string of the molecule is Cc1ccc(S(=O)(=O)Oc2ccc3ccccc3c2/C=N\N=C2/NC(=O)CS2)cc1C. The molecule has 0 aliphatic carbocycles. The number of nitrogens with zero attached hydrogens (tertiary/aromatic N) is 2. The molecule has 1 fully saturated rings. The Labute approximate surface area is 184 Å². The Balaban J connectivity index is 1.74. The Morgan fingerprint density at radius 2 is 1.87 bits per heavy atom. The minimum atomic E-state index is -4.05. The number of amidine groups is 1. The minimum absolute atomic E-state index is 0.0805. The Morgan fingerprint density at radius 3 is 2.61 bits per heavy atom. The molecule has 1 aliphatic heterocycles. The molecular weight excluding hydrogens is 434 g/mol. The van der Waals surface area contributed by atoms with Gasteiger partial charge in [0.15, 0.2) is 10.9 Å². The highest BCUT2D eigenvalue weighted by Crippen LogP contribution is 2.29. The van der Waals surface area contributed by atoms with Crippen molar-refractivity contribution in [3.63, 3.8) is 0 Å². The van der Waals surface area contributed by atoms with Gasteiger partial charge in [-0.1, -0.05) is 48.2 Å². The van der Waals surface area contributed by atoms with Gasteiger partial charge in [0.2, 0.25) is 5.91 Å². The normalized spacial score (nSPS) is 15.7. The van der Waals surface area contributed by atoms with Crippen molar-refractivity contribution < 1.29 is 17.4 Å². The van der Waals surface area contributed by atoms with Crippen molar-refractivity contribution in [3.05, 3.63) is 71.3 Å². The van der Waals surface area contributed by atoms with E-state index in [1.165, 1.54) is 24.0 Å². The molecule has 3 aromatic carbocycles. The number of carbonyl (C=O) groups excluding carboxylic acids is 1. The molecule has 158 valence electrons. The smallest absolute Gasteiger partial charge is 0.339 e. The largest absolute Gasteiger partial charge is 0.378 e. The number of fused-ring (bicyclic) bond motifs is 1. The van der Waals surface area contributed by atoms with Gasteiger partial charge in [-0.2, -0.15) is 13.5 Å². The van der Waals surface area contributed by atoms with Crippen molar-refractivity contribution >= 4 is 49.9 Å². The molecule has 0 unspecified atom stereocenters. The molecule has 0 spiro atoms. The van der Waals surface area contributed by atoms with Crippen LogP contribution in [0.3, 0.4) is 0 Å². The van der Waals surface area contributed by atoms with Crippen LogP contribution in [0.15, 0.2) is 69.7 Å². The summed E-state index contributed by atoms with van der Waals surface area (Å²) >= 11 is 1.25. The van der Waals surface area contributed by atoms with Crippen molar-refractivity contribution in [2.24, 2.45) is 10.2 Å². The van der Waals surface area contributed by atoms with E-state index in [2.05, 4.69) is 15.5 Å². The highest BCUT2D eigenvalue weighted by atomic mass is 32.2. The molecule has 1 saturated heterocycles. The standard InChI is InChI=1S/C22H19N3O4S2/c1-14-7-9-17(11-15(14)2)31(27,28)29-20-10-8-16-5-3-4-6-18(16)19(20)12-23-25-22-24-21(26)13-30-22/h3-12H,13H2,1-2H3,(H,24,25,26)/b23-12-. The highest BCUT2D eigenvalue weighted by molar-refractivity contribution is 8.15. The van der Waals surface area contributed by atoms with E-state index in [9.17, 15) is 13.2 Å². The van der Waals surface area contributed by atoms with E-state index in [0.29, 0.717) is 16.5 Å². The molecule has 1 aliphatic rings. The summed E-state index contributed by atoms with van der Waals surface area (Å²) < 4.78 is 31.4. The van der Waals surface area contributed by atoms with Gasteiger partial charge in [-0.3, -0.25) is 4.79 Å². The number of amides is 1. The summed E-state index contributed by atoms with van der Waals surface area (Å²) in [6.45, 7) is 3.76. The number of hydrogen-bond acceptors (Lipinski definition) is 7. The van der Waals surface area contributed by atoms with E-state index in [-0.39, 0.29) is 16.6 Å². The van der Waals surface area contributed by atoms with Crippen LogP contribution in [-0.2, 0) is 14.9 Å². The van der Waals surface area contributed by atoms with E-state index in [4.69, 9.17) is 4.18 Å². The lowest BCUT2D eigenvalue weighted by Gasteiger charge is -2.12. The van der Waals surface area contributed by atoms with Gasteiger partial charge in [0, 0.05) is 5.56 Å². The van der Waals surface area contributed by atoms with Crippen LogP contribution in [0.25, 0.3) is 10.8 Å². The van der Waals surface area contributed by atoms with Crippen LogP contribution in [0.2, 0.25) is 0 Å². The van der Waals surface area contributed by atoms with E-state index >= 15 is 0 Å². The molecule has 1 amide bonds. The molecule has 9 heteroatoms. The summed E-state index contributed by atoms with van der Waals surface area (Å²) in [7, 11) is -4.05. The van der Waals surface area contributed by atoms with Crippen LogP contribution in [-0.4, -0.2) is 31.5 Å². The Morgan fingerprint density at radius 1 is 1.06 bits per heavy atom. The van der Waals surface area contributed by atoms with Crippen molar-refractivity contribution in [1.82, 2.24) is 5.32 Å². The molecule has 0 bridgehead atoms. The molecule has 31 heavy (non-hydrogen) atoms. The maximum absolute atomic E-state index is 12.9. The third-order valence-electron chi connectivity index (χ3n) is 4.82. The maximum Gasteiger partial charge on any atom is 0.339 e. The Kier molecular flexibility index (Phi) is 5.79. The second kappa shape index (κ2) is 8.52. The first kappa shape index (κ1) is 21.1. The van der Waals surface area contributed by atoms with Gasteiger partial charge in [-0.25, -0.2) is 0 Å². The summed E-state index contributed by atoms with van der Waals surface area (Å²) in [4.78, 5) is 11.4. The third kappa shape index (κ3) is 4.62. The number of aryl methyl sites for hydroxylation is 2. The van der Waals surface area contributed by atoms with Crippen molar-refractivity contribution in [3.8, 4) is 5.75 Å². The Bertz CT molecular complexity index is 1350. The fraction of sp³-hybridized carbons (Fsp3) is 0.136. The molecule has 7 nitrogen and oxygen atoms in total. The molecule has 1 N–H and O–H groups in total. The predicted octanol–water partition coefficient (Wildman–Crippen LogP) is 3.78. The fourth-order valence-electron chi connectivity index (χ4n) is 3.04. The number of carbonyl (C=O) groups is 1. The monoisotopic (exact) mass is 453 g/mol. The second-order valence-electron chi connectivity index (χ2n) is 6.97. The van der Waals surface area contributed by atoms with Gasteiger partial charge in [0.1, 0.15) is 4.90 Å². The van der Waals surface area contributed by atoms with Crippen LogP contribution in [0.4, 0.5) is 0 Å². The zero-order valence-electron chi connectivity index (χ0n) is 16.8. The fourth-order valence-corrected chi connectivity index (χ4v) is 4.70. The first-order valence-electron chi connectivity index (χ1n) is 9.41. The number of hydrogen-bond donors (Lipinski definition) is 1. The third-order valence-corrected chi connectivity index (χ3v) is 6.91. The summed E-state index contributed by atoms with van der Waals surface area (Å²) in [5.74, 6) is 0.308. The van der Waals surface area contributed by atoms with Crippen LogP contribution in [0.1, 0.15) is 16.7 Å². The van der Waals surface area contributed by atoms with Crippen molar-refractivity contribution in [2.75, 3.05) is 5.75 Å². The van der Waals surface area contributed by atoms with Gasteiger partial charge in [0.05, 0.1) is 12.0 Å². The number of nitrogens with one attached hydrogen (secondary N) is 1. The molecule has 4 rings (SSSR count). The lowest BCUT2D eigenvalue weighted by Crippen LogP contribution is -2.19. The quantitative estimate of drug-likeness (QED) is 0.360. The van der Waals surface area contributed by atoms with E-state index in [0.717, 1.165) is 21.9 Å². The molecule has 1 heterocycles. The number of benzene rings is 3. The minimum Gasteiger partial charge on any atom is -0.378 e. The van der Waals surface area contributed by atoms with Gasteiger partial charge >= 0.3 is 10.1 Å². The first-order valence-corrected chi connectivity index (χ1v) is 11.8. The van der Waals surface area contributed by atoms with Crippen LogP contribution >= 0.6 is 11.8 Å². The van der Waals surface area contributed by atoms with Gasteiger partial charge < -0.3 is 9.50 Å². The zero-order chi connectivity index (χ0) is 22.0. The summed E-state index contributed by atoms with van der Waals surface area (Å²) in [6, 6.07) is 15.7. The second-order valence-corrected chi connectivity index (χ2v) is 9.48. The van der Waals surface area contributed by atoms with Gasteiger partial charge in [-0.15, -0.1) is 5.10 Å². The topological polar surface area (TPSA) is 97.2 Å². The van der Waals surface area contributed by atoms with Crippen LogP contribution in [0, 0.1) is 13.8 Å². The summed E-state index contributed by atoms with van der Waals surface area (Å²) in [5, 5.41) is 12.7. The lowest BCUT2D eigenvalue weighted by atomic mass is 10.0. The Hall–Kier alpha value is -3.17. The average molecular weight is 454 g/mol. The highest BCUT2D eigenvalue weighted by Gasteiger charge is 2.20. The summed E-state index contributed by atoms with van der Waals surface area (Å²) in [5.41, 5.74) is 2.33. The van der Waals surface area contributed by atoms with E-state index < -0.39 is 10.1 Å². The van der Waals surface area contributed by atoms with Crippen LogP contribution in [0.5, 0.6) is 5.75 Å². The molecule has 0 atom stereocenters. The van der Waals surface area contributed by atoms with E-state index in [1.807, 2.05) is 38.1 Å². The first-order chi connectivity index (χ1) is 14.8. The van der Waals surface area contributed by atoms with Crippen LogP contribution < -0.4 is 9.50 Å². The molecule has 0 aromatic heterocycles. The molecule has 0 radical (unpaired) electrons. The maximum atomic E-state index is 12.9. The van der Waals surface area contributed by atoms with E-state index in [1.54, 1.807) is 24.3 Å². The molecule has 0 saturated carbocycles. The average Bonchev–Trinajstić information content (AvgIpc) is 3.16. The molecule has 3 aromatic rings. The van der Waals surface area contributed by atoms with Gasteiger partial charge in [-0.05, 0) is 53.9 Å².